The van der Waals surface area contributed by atoms with Crippen LogP contribution in [0.5, 0.6) is 0 Å². The standard InChI is InChI=1S/C16H14N2OS2/c19-16(9-13-4-7-20-11-13)18-10-12-3-5-17-14(8-12)15-2-1-6-21-15/h1-8,11H,9-10H2,(H,18,19). The van der Waals surface area contributed by atoms with Crippen LogP contribution in [0.1, 0.15) is 11.1 Å². The third-order valence-electron chi connectivity index (χ3n) is 3.03. The third kappa shape index (κ3) is 3.77. The second kappa shape index (κ2) is 6.65. The van der Waals surface area contributed by atoms with Crippen molar-refractivity contribution in [1.29, 1.82) is 0 Å². The van der Waals surface area contributed by atoms with Crippen LogP contribution in [0.25, 0.3) is 10.6 Å². The number of carbonyl (C=O) groups excluding carboxylic acids is 1. The average molecular weight is 314 g/mol. The molecular weight excluding hydrogens is 300 g/mol. The van der Waals surface area contributed by atoms with Gasteiger partial charge in [-0.05, 0) is 51.5 Å². The summed E-state index contributed by atoms with van der Waals surface area (Å²) in [4.78, 5) is 17.4. The quantitative estimate of drug-likeness (QED) is 0.779. The molecule has 0 saturated heterocycles. The maximum absolute atomic E-state index is 11.9. The smallest absolute Gasteiger partial charge is 0.224 e. The Morgan fingerprint density at radius 3 is 2.90 bits per heavy atom. The summed E-state index contributed by atoms with van der Waals surface area (Å²) in [5.41, 5.74) is 3.08. The van der Waals surface area contributed by atoms with Crippen molar-refractivity contribution < 1.29 is 4.79 Å². The van der Waals surface area contributed by atoms with E-state index in [2.05, 4.69) is 10.3 Å². The van der Waals surface area contributed by atoms with Crippen molar-refractivity contribution in [2.75, 3.05) is 0 Å². The molecule has 0 aliphatic heterocycles. The lowest BCUT2D eigenvalue weighted by Crippen LogP contribution is -2.24. The topological polar surface area (TPSA) is 42.0 Å². The monoisotopic (exact) mass is 314 g/mol. The van der Waals surface area contributed by atoms with Gasteiger partial charge in [0.05, 0.1) is 17.0 Å². The first kappa shape index (κ1) is 14.0. The van der Waals surface area contributed by atoms with Crippen LogP contribution in [-0.2, 0) is 17.8 Å². The molecule has 3 heterocycles. The van der Waals surface area contributed by atoms with Gasteiger partial charge in [-0.25, -0.2) is 0 Å². The van der Waals surface area contributed by atoms with E-state index < -0.39 is 0 Å². The molecule has 5 heteroatoms. The SMILES string of the molecule is O=C(Cc1ccsc1)NCc1ccnc(-c2cccs2)c1. The van der Waals surface area contributed by atoms with E-state index in [0.29, 0.717) is 13.0 Å². The molecule has 21 heavy (non-hydrogen) atoms. The van der Waals surface area contributed by atoms with Crippen LogP contribution in [0, 0.1) is 0 Å². The first-order chi connectivity index (χ1) is 10.3. The highest BCUT2D eigenvalue weighted by molar-refractivity contribution is 7.13. The number of thiophene rings is 2. The fourth-order valence-electron chi connectivity index (χ4n) is 1.99. The van der Waals surface area contributed by atoms with Gasteiger partial charge in [0.15, 0.2) is 0 Å². The molecule has 3 aromatic rings. The molecule has 0 bridgehead atoms. The number of nitrogens with one attached hydrogen (secondary N) is 1. The molecule has 0 spiro atoms. The number of hydrogen-bond acceptors (Lipinski definition) is 4. The molecule has 0 aliphatic rings. The van der Waals surface area contributed by atoms with Crippen LogP contribution in [0.4, 0.5) is 0 Å². The van der Waals surface area contributed by atoms with Crippen molar-refractivity contribution in [3.8, 4) is 10.6 Å². The van der Waals surface area contributed by atoms with E-state index in [1.165, 1.54) is 0 Å². The van der Waals surface area contributed by atoms with Crippen molar-refractivity contribution in [2.24, 2.45) is 0 Å². The van der Waals surface area contributed by atoms with Gasteiger partial charge in [0.1, 0.15) is 0 Å². The van der Waals surface area contributed by atoms with Gasteiger partial charge in [-0.2, -0.15) is 11.3 Å². The minimum absolute atomic E-state index is 0.0443. The van der Waals surface area contributed by atoms with Gasteiger partial charge in [0.25, 0.3) is 0 Å². The highest BCUT2D eigenvalue weighted by Crippen LogP contribution is 2.22. The largest absolute Gasteiger partial charge is 0.352 e. The minimum atomic E-state index is 0.0443. The maximum atomic E-state index is 11.9. The Morgan fingerprint density at radius 1 is 1.19 bits per heavy atom. The molecule has 0 radical (unpaired) electrons. The molecule has 0 atom stereocenters. The number of carbonyl (C=O) groups is 1. The van der Waals surface area contributed by atoms with E-state index in [1.807, 2.05) is 46.5 Å². The second-order valence-corrected chi connectivity index (χ2v) is 6.34. The Balaban J connectivity index is 1.60. The van der Waals surface area contributed by atoms with E-state index in [4.69, 9.17) is 0 Å². The highest BCUT2D eigenvalue weighted by atomic mass is 32.1. The molecule has 0 saturated carbocycles. The Kier molecular flexibility index (Phi) is 4.43. The van der Waals surface area contributed by atoms with E-state index in [9.17, 15) is 4.79 Å². The normalized spacial score (nSPS) is 10.5. The number of hydrogen-bond donors (Lipinski definition) is 1. The summed E-state index contributed by atoms with van der Waals surface area (Å²) in [7, 11) is 0. The lowest BCUT2D eigenvalue weighted by Gasteiger charge is -2.06. The van der Waals surface area contributed by atoms with Crippen molar-refractivity contribution in [3.05, 3.63) is 63.8 Å². The van der Waals surface area contributed by atoms with Crippen LogP contribution < -0.4 is 5.32 Å². The average Bonchev–Trinajstić information content (AvgIpc) is 3.19. The Labute approximate surface area is 131 Å². The zero-order valence-corrected chi connectivity index (χ0v) is 12.9. The van der Waals surface area contributed by atoms with Crippen molar-refractivity contribution >= 4 is 28.6 Å². The first-order valence-corrected chi connectivity index (χ1v) is 8.40. The molecule has 0 aliphatic carbocycles. The molecule has 1 amide bonds. The zero-order valence-electron chi connectivity index (χ0n) is 11.3. The number of pyridine rings is 1. The van der Waals surface area contributed by atoms with Gasteiger partial charge in [-0.3, -0.25) is 9.78 Å². The van der Waals surface area contributed by atoms with Crippen molar-refractivity contribution in [2.45, 2.75) is 13.0 Å². The summed E-state index contributed by atoms with van der Waals surface area (Å²) in [5, 5.41) is 8.97. The summed E-state index contributed by atoms with van der Waals surface area (Å²) in [6.07, 6.45) is 2.22. The predicted molar refractivity (Wildman–Crippen MR) is 87.4 cm³/mol. The highest BCUT2D eigenvalue weighted by Gasteiger charge is 2.05. The van der Waals surface area contributed by atoms with Crippen molar-refractivity contribution in [1.82, 2.24) is 10.3 Å². The maximum Gasteiger partial charge on any atom is 0.224 e. The molecule has 0 fully saturated rings. The predicted octanol–water partition coefficient (Wildman–Crippen LogP) is 3.73. The molecule has 3 rings (SSSR count). The lowest BCUT2D eigenvalue weighted by atomic mass is 10.2. The fraction of sp³-hybridized carbons (Fsp3) is 0.125. The van der Waals surface area contributed by atoms with Crippen LogP contribution in [0.15, 0.2) is 52.7 Å². The number of rotatable bonds is 5. The lowest BCUT2D eigenvalue weighted by molar-refractivity contribution is -0.120. The number of amides is 1. The van der Waals surface area contributed by atoms with Crippen LogP contribution in [0.3, 0.4) is 0 Å². The zero-order chi connectivity index (χ0) is 14.5. The van der Waals surface area contributed by atoms with Crippen LogP contribution in [-0.4, -0.2) is 10.9 Å². The van der Waals surface area contributed by atoms with E-state index in [0.717, 1.165) is 21.7 Å². The summed E-state index contributed by atoms with van der Waals surface area (Å²) < 4.78 is 0. The summed E-state index contributed by atoms with van der Waals surface area (Å²) in [6.45, 7) is 0.532. The van der Waals surface area contributed by atoms with Gasteiger partial charge in [-0.1, -0.05) is 6.07 Å². The Hall–Kier alpha value is -1.98. The van der Waals surface area contributed by atoms with Crippen molar-refractivity contribution in [3.63, 3.8) is 0 Å². The molecule has 106 valence electrons. The molecule has 3 aromatic heterocycles. The van der Waals surface area contributed by atoms with Gasteiger partial charge >= 0.3 is 0 Å². The molecular formula is C16H14N2OS2. The van der Waals surface area contributed by atoms with Crippen LogP contribution in [0.2, 0.25) is 0 Å². The Morgan fingerprint density at radius 2 is 2.14 bits per heavy atom. The summed E-state index contributed by atoms with van der Waals surface area (Å²) in [6, 6.07) is 9.99. The van der Waals surface area contributed by atoms with E-state index in [-0.39, 0.29) is 5.91 Å². The minimum Gasteiger partial charge on any atom is -0.352 e. The molecule has 0 unspecified atom stereocenters. The second-order valence-electron chi connectivity index (χ2n) is 4.61. The van der Waals surface area contributed by atoms with E-state index >= 15 is 0 Å². The molecule has 1 N–H and O–H groups in total. The molecule has 0 aromatic carbocycles. The van der Waals surface area contributed by atoms with Gasteiger partial charge in [0.2, 0.25) is 5.91 Å². The summed E-state index contributed by atoms with van der Waals surface area (Å²) in [5.74, 6) is 0.0443. The van der Waals surface area contributed by atoms with Gasteiger partial charge in [-0.15, -0.1) is 11.3 Å². The number of nitrogens with zero attached hydrogens (tertiary/aromatic N) is 1. The third-order valence-corrected chi connectivity index (χ3v) is 4.66. The Bertz CT molecular complexity index is 706. The van der Waals surface area contributed by atoms with E-state index in [1.54, 1.807) is 28.9 Å². The molecule has 3 nitrogen and oxygen atoms in total. The van der Waals surface area contributed by atoms with Gasteiger partial charge in [0, 0.05) is 12.7 Å². The number of aromatic nitrogens is 1. The summed E-state index contributed by atoms with van der Waals surface area (Å²) >= 11 is 3.27. The fourth-order valence-corrected chi connectivity index (χ4v) is 3.35. The first-order valence-electron chi connectivity index (χ1n) is 6.58. The van der Waals surface area contributed by atoms with Gasteiger partial charge < -0.3 is 5.32 Å². The van der Waals surface area contributed by atoms with Crippen LogP contribution >= 0.6 is 22.7 Å².